The number of carbonyl (C=O) groups excluding carboxylic acids is 2. The molecular formula is C22H24N4O3. The summed E-state index contributed by atoms with van der Waals surface area (Å²) in [6.07, 6.45) is 0.790. The third-order valence-electron chi connectivity index (χ3n) is 5.12. The lowest BCUT2D eigenvalue weighted by Gasteiger charge is -2.15. The highest BCUT2D eigenvalue weighted by atomic mass is 16.5. The topological polar surface area (TPSA) is 76.5 Å². The van der Waals surface area contributed by atoms with Gasteiger partial charge in [0.2, 0.25) is 11.9 Å². The van der Waals surface area contributed by atoms with E-state index >= 15 is 0 Å². The SMILES string of the molecule is COCCCN1C(=O)[C@H](CC(=O)NCc2ccccc2)n2c1nc1ccccc12. The van der Waals surface area contributed by atoms with Crippen LogP contribution in [0.5, 0.6) is 0 Å². The molecule has 0 fully saturated rings. The van der Waals surface area contributed by atoms with Crippen LogP contribution < -0.4 is 10.2 Å². The maximum atomic E-state index is 13.1. The Hall–Kier alpha value is -3.19. The van der Waals surface area contributed by atoms with Crippen molar-refractivity contribution in [2.24, 2.45) is 0 Å². The number of nitrogens with one attached hydrogen (secondary N) is 1. The molecule has 0 aliphatic carbocycles. The number of para-hydroxylation sites is 2. The van der Waals surface area contributed by atoms with Gasteiger partial charge in [0.15, 0.2) is 0 Å². The summed E-state index contributed by atoms with van der Waals surface area (Å²) in [4.78, 5) is 32.1. The van der Waals surface area contributed by atoms with Gasteiger partial charge in [0, 0.05) is 26.8 Å². The van der Waals surface area contributed by atoms with E-state index in [4.69, 9.17) is 4.74 Å². The lowest BCUT2D eigenvalue weighted by atomic mass is 10.1. The number of amides is 2. The highest BCUT2D eigenvalue weighted by Gasteiger charge is 2.40. The third-order valence-corrected chi connectivity index (χ3v) is 5.12. The van der Waals surface area contributed by atoms with Gasteiger partial charge < -0.3 is 10.1 Å². The number of nitrogens with zero attached hydrogens (tertiary/aromatic N) is 3. The zero-order valence-electron chi connectivity index (χ0n) is 16.4. The molecule has 1 aliphatic heterocycles. The average molecular weight is 392 g/mol. The minimum atomic E-state index is -0.587. The number of ether oxygens (including phenoxy) is 1. The number of imidazole rings is 1. The van der Waals surface area contributed by atoms with E-state index in [0.29, 0.717) is 32.1 Å². The molecule has 0 saturated carbocycles. The summed E-state index contributed by atoms with van der Waals surface area (Å²) in [5.41, 5.74) is 2.71. The van der Waals surface area contributed by atoms with Crippen LogP contribution in [0.2, 0.25) is 0 Å². The number of aromatic nitrogens is 2. The van der Waals surface area contributed by atoms with Crippen molar-refractivity contribution in [2.75, 3.05) is 25.2 Å². The smallest absolute Gasteiger partial charge is 0.253 e. The molecule has 1 N–H and O–H groups in total. The fourth-order valence-corrected chi connectivity index (χ4v) is 3.72. The van der Waals surface area contributed by atoms with Crippen LogP contribution in [0.4, 0.5) is 5.95 Å². The van der Waals surface area contributed by atoms with Crippen LogP contribution >= 0.6 is 0 Å². The van der Waals surface area contributed by atoms with Gasteiger partial charge in [0.25, 0.3) is 5.91 Å². The molecule has 2 heterocycles. The zero-order valence-corrected chi connectivity index (χ0v) is 16.4. The fourth-order valence-electron chi connectivity index (χ4n) is 3.72. The Labute approximate surface area is 169 Å². The minimum Gasteiger partial charge on any atom is -0.385 e. The normalized spacial score (nSPS) is 15.7. The van der Waals surface area contributed by atoms with Gasteiger partial charge in [-0.1, -0.05) is 42.5 Å². The van der Waals surface area contributed by atoms with E-state index in [1.54, 1.807) is 12.0 Å². The minimum absolute atomic E-state index is 0.0831. The van der Waals surface area contributed by atoms with E-state index in [9.17, 15) is 9.59 Å². The van der Waals surface area contributed by atoms with E-state index in [1.807, 2.05) is 59.2 Å². The molecule has 0 radical (unpaired) electrons. The third kappa shape index (κ3) is 3.86. The molecule has 4 rings (SSSR count). The van der Waals surface area contributed by atoms with Crippen molar-refractivity contribution in [3.63, 3.8) is 0 Å². The molecule has 2 aromatic carbocycles. The van der Waals surface area contributed by atoms with Crippen molar-refractivity contribution < 1.29 is 14.3 Å². The van der Waals surface area contributed by atoms with Gasteiger partial charge >= 0.3 is 0 Å². The average Bonchev–Trinajstić information content (AvgIpc) is 3.23. The summed E-state index contributed by atoms with van der Waals surface area (Å²) in [7, 11) is 1.64. The molecule has 7 nitrogen and oxygen atoms in total. The summed E-state index contributed by atoms with van der Waals surface area (Å²) in [6.45, 7) is 1.51. The first-order valence-electron chi connectivity index (χ1n) is 9.77. The number of carbonyl (C=O) groups is 2. The summed E-state index contributed by atoms with van der Waals surface area (Å²) in [5, 5.41) is 2.92. The van der Waals surface area contributed by atoms with Crippen molar-refractivity contribution in [3.8, 4) is 0 Å². The highest BCUT2D eigenvalue weighted by molar-refractivity contribution is 6.03. The molecule has 0 saturated heterocycles. The van der Waals surface area contributed by atoms with Crippen molar-refractivity contribution in [1.29, 1.82) is 0 Å². The molecule has 1 atom stereocenters. The molecular weight excluding hydrogens is 368 g/mol. The predicted octanol–water partition coefficient (Wildman–Crippen LogP) is 2.67. The number of fused-ring (bicyclic) bond motifs is 3. The molecule has 0 unspecified atom stereocenters. The Morgan fingerprint density at radius 3 is 2.69 bits per heavy atom. The molecule has 0 bridgehead atoms. The van der Waals surface area contributed by atoms with Crippen LogP contribution in [0, 0.1) is 0 Å². The summed E-state index contributed by atoms with van der Waals surface area (Å²) in [6, 6.07) is 16.8. The number of methoxy groups -OCH3 is 1. The lowest BCUT2D eigenvalue weighted by molar-refractivity contribution is -0.127. The molecule has 150 valence electrons. The fraction of sp³-hybridized carbons (Fsp3) is 0.318. The van der Waals surface area contributed by atoms with Crippen LogP contribution in [-0.4, -0.2) is 41.6 Å². The first kappa shape index (κ1) is 19.1. The van der Waals surface area contributed by atoms with Crippen LogP contribution in [0.1, 0.15) is 24.4 Å². The van der Waals surface area contributed by atoms with Gasteiger partial charge in [-0.2, -0.15) is 0 Å². The Balaban J connectivity index is 1.55. The second-order valence-corrected chi connectivity index (χ2v) is 7.09. The highest BCUT2D eigenvalue weighted by Crippen LogP contribution is 2.36. The van der Waals surface area contributed by atoms with Gasteiger partial charge in [-0.25, -0.2) is 4.98 Å². The van der Waals surface area contributed by atoms with Crippen LogP contribution in [0.3, 0.4) is 0 Å². The van der Waals surface area contributed by atoms with Gasteiger partial charge in [-0.15, -0.1) is 0 Å². The molecule has 0 spiro atoms. The standard InChI is InChI=1S/C22H24N4O3/c1-29-13-7-12-25-21(28)19(14-20(27)23-15-16-8-3-2-4-9-16)26-18-11-6-5-10-17(18)24-22(25)26/h2-6,8-11,19H,7,12-15H2,1H3,(H,23,27)/t19-/m0/s1. The maximum Gasteiger partial charge on any atom is 0.253 e. The number of rotatable bonds is 8. The predicted molar refractivity (Wildman–Crippen MR) is 111 cm³/mol. The van der Waals surface area contributed by atoms with E-state index in [-0.39, 0.29) is 18.2 Å². The van der Waals surface area contributed by atoms with Crippen LogP contribution in [0.15, 0.2) is 54.6 Å². The second kappa shape index (κ2) is 8.45. The molecule has 29 heavy (non-hydrogen) atoms. The Bertz CT molecular complexity index is 1020. The number of hydrogen-bond donors (Lipinski definition) is 1. The first-order chi connectivity index (χ1) is 14.2. The number of hydrogen-bond acceptors (Lipinski definition) is 4. The van der Waals surface area contributed by atoms with Crippen molar-refractivity contribution >= 4 is 28.8 Å². The van der Waals surface area contributed by atoms with Gasteiger partial charge in [-0.3, -0.25) is 19.1 Å². The van der Waals surface area contributed by atoms with E-state index in [1.165, 1.54) is 0 Å². The number of benzene rings is 2. The number of anilines is 1. The van der Waals surface area contributed by atoms with Gasteiger partial charge in [0.05, 0.1) is 17.5 Å². The summed E-state index contributed by atoms with van der Waals surface area (Å²) >= 11 is 0. The maximum absolute atomic E-state index is 13.1. The Morgan fingerprint density at radius 1 is 1.14 bits per heavy atom. The zero-order chi connectivity index (χ0) is 20.2. The monoisotopic (exact) mass is 392 g/mol. The van der Waals surface area contributed by atoms with Gasteiger partial charge in [-0.05, 0) is 24.1 Å². The van der Waals surface area contributed by atoms with Crippen LogP contribution in [-0.2, 0) is 20.9 Å². The van der Waals surface area contributed by atoms with Crippen LogP contribution in [0.25, 0.3) is 11.0 Å². The second-order valence-electron chi connectivity index (χ2n) is 7.09. The van der Waals surface area contributed by atoms with E-state index < -0.39 is 6.04 Å². The Kier molecular flexibility index (Phi) is 5.57. The molecule has 1 aliphatic rings. The van der Waals surface area contributed by atoms with E-state index in [2.05, 4.69) is 10.3 Å². The quantitative estimate of drug-likeness (QED) is 0.598. The largest absolute Gasteiger partial charge is 0.385 e. The lowest BCUT2D eigenvalue weighted by Crippen LogP contribution is -2.33. The van der Waals surface area contributed by atoms with Gasteiger partial charge in [0.1, 0.15) is 6.04 Å². The summed E-state index contributed by atoms with van der Waals surface area (Å²) in [5.74, 6) is 0.354. The molecule has 3 aromatic rings. The van der Waals surface area contributed by atoms with Crippen molar-refractivity contribution in [1.82, 2.24) is 14.9 Å². The summed E-state index contributed by atoms with van der Waals surface area (Å²) < 4.78 is 7.02. The molecule has 2 amide bonds. The first-order valence-corrected chi connectivity index (χ1v) is 9.77. The van der Waals surface area contributed by atoms with Crippen molar-refractivity contribution in [3.05, 3.63) is 60.2 Å². The molecule has 7 heteroatoms. The van der Waals surface area contributed by atoms with Crippen molar-refractivity contribution in [2.45, 2.75) is 25.4 Å². The Morgan fingerprint density at radius 2 is 1.90 bits per heavy atom. The van der Waals surface area contributed by atoms with E-state index in [0.717, 1.165) is 16.6 Å². The molecule has 1 aromatic heterocycles.